The molecule has 0 radical (unpaired) electrons. The molecular weight excluding hydrogens is 404 g/mol. The van der Waals surface area contributed by atoms with Gasteiger partial charge < -0.3 is 9.88 Å². The average Bonchev–Trinajstić information content (AvgIpc) is 3.15. The van der Waals surface area contributed by atoms with Crippen LogP contribution in [0.4, 0.5) is 5.69 Å². The van der Waals surface area contributed by atoms with Gasteiger partial charge in [0, 0.05) is 73.5 Å². The first-order valence-electron chi connectivity index (χ1n) is 10.5. The topological polar surface area (TPSA) is 90.1 Å². The summed E-state index contributed by atoms with van der Waals surface area (Å²) < 4.78 is 2.04. The summed E-state index contributed by atoms with van der Waals surface area (Å²) in [6, 6.07) is 20.2. The van der Waals surface area contributed by atoms with Crippen molar-refractivity contribution in [1.82, 2.24) is 14.9 Å². The maximum atomic E-state index is 12.9. The van der Waals surface area contributed by atoms with Crippen molar-refractivity contribution < 1.29 is 9.72 Å². The second kappa shape index (κ2) is 9.43. The van der Waals surface area contributed by atoms with Gasteiger partial charge in [0.1, 0.15) is 0 Å². The predicted octanol–water partition coefficient (Wildman–Crippen LogP) is 4.36. The number of nitro benzene ring substituents is 1. The second-order valence-electron chi connectivity index (χ2n) is 7.74. The van der Waals surface area contributed by atoms with E-state index in [1.807, 2.05) is 60.3 Å². The number of hydrogen-bond donors (Lipinski definition) is 1. The van der Waals surface area contributed by atoms with Gasteiger partial charge in [-0.3, -0.25) is 19.9 Å². The van der Waals surface area contributed by atoms with Crippen LogP contribution in [0, 0.1) is 10.1 Å². The molecule has 0 aliphatic rings. The fraction of sp³-hybridized carbons (Fsp3) is 0.200. The SMILES string of the molecule is Cn1cc(C(CC(=O)NCCc2ccccn2)c2ccc([N+](=O)[O-])cc2)c2ccccc21. The van der Waals surface area contributed by atoms with E-state index in [1.165, 1.54) is 12.1 Å². The molecule has 32 heavy (non-hydrogen) atoms. The van der Waals surface area contributed by atoms with E-state index in [9.17, 15) is 14.9 Å². The zero-order valence-corrected chi connectivity index (χ0v) is 17.8. The number of rotatable bonds is 8. The summed E-state index contributed by atoms with van der Waals surface area (Å²) in [5.41, 5.74) is 3.92. The van der Waals surface area contributed by atoms with Crippen LogP contribution in [-0.4, -0.2) is 26.9 Å². The van der Waals surface area contributed by atoms with E-state index < -0.39 is 4.92 Å². The molecule has 0 saturated heterocycles. The standard InChI is InChI=1S/C25H24N4O3/c1-28-17-23(21-7-2-3-8-24(21)28)22(18-9-11-20(12-10-18)29(31)32)16-25(30)27-15-13-19-6-4-5-14-26-19/h2-12,14,17,22H,13,15-16H2,1H3,(H,27,30). The second-order valence-corrected chi connectivity index (χ2v) is 7.74. The number of nitrogens with one attached hydrogen (secondary N) is 1. The van der Waals surface area contributed by atoms with Crippen molar-refractivity contribution in [1.29, 1.82) is 0 Å². The zero-order valence-electron chi connectivity index (χ0n) is 17.8. The molecule has 4 aromatic rings. The predicted molar refractivity (Wildman–Crippen MR) is 123 cm³/mol. The van der Waals surface area contributed by atoms with Crippen LogP contribution >= 0.6 is 0 Å². The number of amides is 1. The number of para-hydroxylation sites is 1. The van der Waals surface area contributed by atoms with Gasteiger partial charge in [0.25, 0.3) is 5.69 Å². The number of carbonyl (C=O) groups is 1. The number of carbonyl (C=O) groups excluding carboxylic acids is 1. The molecule has 1 N–H and O–H groups in total. The van der Waals surface area contributed by atoms with E-state index in [1.54, 1.807) is 18.3 Å². The van der Waals surface area contributed by atoms with Crippen LogP contribution in [0.25, 0.3) is 10.9 Å². The third kappa shape index (κ3) is 4.67. The Labute approximate surface area is 185 Å². The van der Waals surface area contributed by atoms with Crippen molar-refractivity contribution in [2.75, 3.05) is 6.54 Å². The molecule has 162 valence electrons. The molecule has 0 spiro atoms. The average molecular weight is 428 g/mol. The highest BCUT2D eigenvalue weighted by Crippen LogP contribution is 2.35. The van der Waals surface area contributed by atoms with Gasteiger partial charge in [-0.1, -0.05) is 36.4 Å². The van der Waals surface area contributed by atoms with Crippen LogP contribution in [0.1, 0.15) is 29.2 Å². The summed E-state index contributed by atoms with van der Waals surface area (Å²) in [4.78, 5) is 27.8. The molecule has 1 atom stereocenters. The van der Waals surface area contributed by atoms with Gasteiger partial charge >= 0.3 is 0 Å². The van der Waals surface area contributed by atoms with Gasteiger partial charge in [0.15, 0.2) is 0 Å². The lowest BCUT2D eigenvalue weighted by atomic mass is 9.88. The molecule has 1 unspecified atom stereocenters. The maximum Gasteiger partial charge on any atom is 0.269 e. The first-order valence-corrected chi connectivity index (χ1v) is 10.5. The number of fused-ring (bicyclic) bond motifs is 1. The molecule has 1 amide bonds. The van der Waals surface area contributed by atoms with Crippen LogP contribution < -0.4 is 5.32 Å². The maximum absolute atomic E-state index is 12.9. The zero-order chi connectivity index (χ0) is 22.5. The molecule has 0 aliphatic carbocycles. The lowest BCUT2D eigenvalue weighted by Gasteiger charge is -2.17. The molecule has 2 heterocycles. The minimum atomic E-state index is -0.416. The van der Waals surface area contributed by atoms with Crippen LogP contribution in [0.5, 0.6) is 0 Å². The highest BCUT2D eigenvalue weighted by atomic mass is 16.6. The fourth-order valence-electron chi connectivity index (χ4n) is 4.02. The Morgan fingerprint density at radius 1 is 1.09 bits per heavy atom. The third-order valence-corrected chi connectivity index (χ3v) is 5.63. The van der Waals surface area contributed by atoms with Gasteiger partial charge in [-0.05, 0) is 29.3 Å². The molecule has 0 saturated carbocycles. The smallest absolute Gasteiger partial charge is 0.269 e. The third-order valence-electron chi connectivity index (χ3n) is 5.63. The van der Waals surface area contributed by atoms with E-state index in [0.717, 1.165) is 27.7 Å². The molecule has 7 nitrogen and oxygen atoms in total. The minimum Gasteiger partial charge on any atom is -0.356 e. The van der Waals surface area contributed by atoms with Gasteiger partial charge in [-0.25, -0.2) is 0 Å². The first-order chi connectivity index (χ1) is 15.5. The molecule has 2 aromatic carbocycles. The fourth-order valence-corrected chi connectivity index (χ4v) is 4.02. The highest BCUT2D eigenvalue weighted by molar-refractivity contribution is 5.86. The number of nitro groups is 1. The Balaban J connectivity index is 1.58. The molecule has 2 aromatic heterocycles. The van der Waals surface area contributed by atoms with Crippen LogP contribution in [0.3, 0.4) is 0 Å². The van der Waals surface area contributed by atoms with Crippen molar-refractivity contribution in [3.05, 3.63) is 106 Å². The van der Waals surface area contributed by atoms with E-state index >= 15 is 0 Å². The lowest BCUT2D eigenvalue weighted by Crippen LogP contribution is -2.27. The van der Waals surface area contributed by atoms with Crippen LogP contribution in [0.2, 0.25) is 0 Å². The molecule has 0 fully saturated rings. The van der Waals surface area contributed by atoms with Crippen molar-refractivity contribution >= 4 is 22.5 Å². The van der Waals surface area contributed by atoms with Gasteiger partial charge in [0.2, 0.25) is 5.91 Å². The Morgan fingerprint density at radius 2 is 1.84 bits per heavy atom. The van der Waals surface area contributed by atoms with Crippen LogP contribution in [-0.2, 0) is 18.3 Å². The largest absolute Gasteiger partial charge is 0.356 e. The molecule has 4 rings (SSSR count). The number of aromatic nitrogens is 2. The number of benzene rings is 2. The highest BCUT2D eigenvalue weighted by Gasteiger charge is 2.23. The number of hydrogen-bond acceptors (Lipinski definition) is 4. The molecule has 0 aliphatic heterocycles. The Kier molecular flexibility index (Phi) is 6.26. The summed E-state index contributed by atoms with van der Waals surface area (Å²) in [6.07, 6.45) is 4.68. The first kappa shape index (κ1) is 21.2. The number of aryl methyl sites for hydroxylation is 1. The Hall–Kier alpha value is -4.00. The monoisotopic (exact) mass is 428 g/mol. The molecule has 0 bridgehead atoms. The number of nitrogens with zero attached hydrogens (tertiary/aromatic N) is 3. The number of pyridine rings is 1. The normalized spacial score (nSPS) is 11.9. The van der Waals surface area contributed by atoms with Crippen molar-refractivity contribution in [2.24, 2.45) is 7.05 Å². The molecule has 7 heteroatoms. The molecular formula is C25H24N4O3. The van der Waals surface area contributed by atoms with E-state index in [0.29, 0.717) is 13.0 Å². The summed E-state index contributed by atoms with van der Waals surface area (Å²) >= 11 is 0. The van der Waals surface area contributed by atoms with Gasteiger partial charge in [-0.2, -0.15) is 0 Å². The van der Waals surface area contributed by atoms with Crippen molar-refractivity contribution in [3.8, 4) is 0 Å². The number of non-ortho nitro benzene ring substituents is 1. The van der Waals surface area contributed by atoms with Gasteiger partial charge in [-0.15, -0.1) is 0 Å². The van der Waals surface area contributed by atoms with E-state index in [-0.39, 0.29) is 23.9 Å². The van der Waals surface area contributed by atoms with Crippen LogP contribution in [0.15, 0.2) is 79.1 Å². The minimum absolute atomic E-state index is 0.0326. The lowest BCUT2D eigenvalue weighted by molar-refractivity contribution is -0.384. The van der Waals surface area contributed by atoms with E-state index in [2.05, 4.69) is 10.3 Å². The summed E-state index contributed by atoms with van der Waals surface area (Å²) in [5, 5.41) is 15.1. The Morgan fingerprint density at radius 3 is 2.56 bits per heavy atom. The van der Waals surface area contributed by atoms with Crippen molar-refractivity contribution in [3.63, 3.8) is 0 Å². The summed E-state index contributed by atoms with van der Waals surface area (Å²) in [7, 11) is 1.98. The van der Waals surface area contributed by atoms with Crippen molar-refractivity contribution in [2.45, 2.75) is 18.8 Å². The Bertz CT molecular complexity index is 1230. The summed E-state index contributed by atoms with van der Waals surface area (Å²) in [5.74, 6) is -0.297. The quantitative estimate of drug-likeness (QED) is 0.333. The van der Waals surface area contributed by atoms with Gasteiger partial charge in [0.05, 0.1) is 4.92 Å². The summed E-state index contributed by atoms with van der Waals surface area (Å²) in [6.45, 7) is 0.498. The van der Waals surface area contributed by atoms with E-state index in [4.69, 9.17) is 0 Å².